The van der Waals surface area contributed by atoms with Gasteiger partial charge in [-0.3, -0.25) is 67.5 Å². The van der Waals surface area contributed by atoms with Gasteiger partial charge in [-0.25, -0.2) is 9.78 Å². The monoisotopic (exact) mass is 1540 g/mol. The quantitative estimate of drug-likeness (QED) is 0.0137. The molecule has 23 N–H and O–H groups in total. The molecule has 6 rings (SSSR count). The highest BCUT2D eigenvalue weighted by atomic mass is 33.1. The first-order valence-corrected chi connectivity index (χ1v) is 39.7. The molecule has 4 saturated heterocycles. The van der Waals surface area contributed by atoms with E-state index in [0.717, 1.165) is 21.6 Å². The minimum atomic E-state index is -1.49. The van der Waals surface area contributed by atoms with Gasteiger partial charge in [0, 0.05) is 69.0 Å². The third kappa shape index (κ3) is 27.4. The maximum absolute atomic E-state index is 14.9. The highest BCUT2D eigenvalue weighted by Crippen LogP contribution is 2.26. The molecule has 0 aliphatic carbocycles. The summed E-state index contributed by atoms with van der Waals surface area (Å²) < 4.78 is 0. The summed E-state index contributed by atoms with van der Waals surface area (Å²) in [6, 6.07) is -6.11. The van der Waals surface area contributed by atoms with Crippen molar-refractivity contribution >= 4 is 122 Å². The summed E-state index contributed by atoms with van der Waals surface area (Å²) in [6.07, 6.45) is 7.69. The molecule has 2 aromatic rings. The van der Waals surface area contributed by atoms with Crippen LogP contribution in [0.4, 0.5) is 0 Å². The van der Waals surface area contributed by atoms with Gasteiger partial charge in [-0.15, -0.1) is 0 Å². The second-order valence-corrected chi connectivity index (χ2v) is 30.4. The second-order valence-electron chi connectivity index (χ2n) is 26.9. The maximum atomic E-state index is 14.9. The van der Waals surface area contributed by atoms with E-state index in [1.165, 1.54) is 39.0 Å². The summed E-state index contributed by atoms with van der Waals surface area (Å²) in [4.78, 5) is 204. The number of hydrogen-bond acceptors (Lipinski definition) is 21. The number of aromatic nitrogens is 2. The van der Waals surface area contributed by atoms with Gasteiger partial charge in [0.2, 0.25) is 70.9 Å². The fourth-order valence-electron chi connectivity index (χ4n) is 12.8. The van der Waals surface area contributed by atoms with Gasteiger partial charge < -0.3 is 107 Å². The van der Waals surface area contributed by atoms with Gasteiger partial charge in [0.15, 0.2) is 11.9 Å². The van der Waals surface area contributed by atoms with Crippen LogP contribution in [0, 0.1) is 5.92 Å². The molecule has 4 fully saturated rings. The summed E-state index contributed by atoms with van der Waals surface area (Å²) in [5, 5.41) is 34.6. The minimum Gasteiger partial charge on any atom is -0.480 e. The number of H-pyrrole nitrogens is 1. The average molecular weight is 1540 g/mol. The molecule has 12 amide bonds. The van der Waals surface area contributed by atoms with Gasteiger partial charge in [-0.05, 0) is 126 Å². The number of imidazole rings is 1. The van der Waals surface area contributed by atoms with Crippen LogP contribution in [0.25, 0.3) is 0 Å². The van der Waals surface area contributed by atoms with E-state index in [1.54, 1.807) is 44.2 Å². The topological polar surface area (TPSA) is 570 Å². The molecule has 5 heterocycles. The van der Waals surface area contributed by atoms with Gasteiger partial charge in [0.05, 0.1) is 18.9 Å². The zero-order valence-corrected chi connectivity index (χ0v) is 62.7. The van der Waals surface area contributed by atoms with Crippen molar-refractivity contribution in [3.63, 3.8) is 0 Å². The van der Waals surface area contributed by atoms with Crippen LogP contribution in [0.1, 0.15) is 121 Å². The van der Waals surface area contributed by atoms with Crippen molar-refractivity contribution in [3.05, 3.63) is 54.1 Å². The Morgan fingerprint density at radius 3 is 1.90 bits per heavy atom. The molecule has 106 heavy (non-hydrogen) atoms. The number of nitrogens with one attached hydrogen (secondary N) is 10. The van der Waals surface area contributed by atoms with Crippen LogP contribution in [0.5, 0.6) is 0 Å². The Hall–Kier alpha value is -8.95. The number of nitrogens with two attached hydrogens (primary N) is 6. The van der Waals surface area contributed by atoms with Crippen LogP contribution in [0.15, 0.2) is 52.8 Å². The fourth-order valence-corrected chi connectivity index (χ4v) is 15.5. The minimum absolute atomic E-state index is 0.00709. The third-order valence-electron chi connectivity index (χ3n) is 18.3. The number of unbranched alkanes of at least 4 members (excludes halogenated alkanes) is 1. The number of likely N-dealkylation sites (tertiary alicyclic amines) is 2. The van der Waals surface area contributed by atoms with E-state index in [9.17, 15) is 67.4 Å². The molecular formula is C67H106N22O14S3. The first-order valence-electron chi connectivity index (χ1n) is 35.8. The largest absolute Gasteiger partial charge is 0.480 e. The summed E-state index contributed by atoms with van der Waals surface area (Å²) in [7, 11) is 2.10. The number of carbonyl (C=O) groups excluding carboxylic acids is 12. The standard InChI is InChI=1S/C67H106N22O14S3/c1-38(2)30-46-57(94)86-49(36-106-105-35-41(69)54(91)81-44(18-10-25-76-67(72)73)63(100)88-27-12-20-51(88)61(98)80-43(56(93)83-46)17-9-24-75-66(70)71)59(96)84-47(32-40-33-74-37-78-40)58(95)79-42(16-7-8-23-68)55(92)77-34-53(90)87-26-11-19-50(87)60(97)82-45(22-29-104-3)64(101)89-28-13-21-52(89)62(99)85-48(65(102)103)31-39-14-5-4-6-15-39/h4-6,14-15,33,37-38,41-52H,7-13,16-32,34-36,68-69H2,1-3H3,(H,74,78)(H,77,92)(H,79,95)(H,80,98)(H,81,91)(H,82,97)(H,83,93)(H,84,96)(H,85,99)(H,86,94)(H,102,103)(H4,70,71,75)(H4,72,73,76)/t41-,42-,43-,44-,45-,46-,47-,48-,49-,50-,51-,52-/m0/s1. The third-order valence-corrected chi connectivity index (χ3v) is 21.4. The molecule has 4 aliphatic heterocycles. The van der Waals surface area contributed by atoms with Crippen molar-refractivity contribution in [1.82, 2.24) is 72.5 Å². The number of amides is 12. The lowest BCUT2D eigenvalue weighted by atomic mass is 10.0. The van der Waals surface area contributed by atoms with Crippen molar-refractivity contribution < 1.29 is 67.4 Å². The van der Waals surface area contributed by atoms with E-state index in [0.29, 0.717) is 49.1 Å². The molecule has 0 spiro atoms. The predicted molar refractivity (Wildman–Crippen MR) is 401 cm³/mol. The molecule has 39 heteroatoms. The Bertz CT molecular complexity index is 3370. The fraction of sp³-hybridized carbons (Fsp3) is 0.642. The number of aliphatic carboxylic acids is 1. The average Bonchev–Trinajstić information content (AvgIpc) is 1.63. The van der Waals surface area contributed by atoms with Crippen molar-refractivity contribution in [2.45, 2.75) is 196 Å². The smallest absolute Gasteiger partial charge is 0.326 e. The molecule has 0 radical (unpaired) electrons. The van der Waals surface area contributed by atoms with Gasteiger partial charge >= 0.3 is 5.97 Å². The van der Waals surface area contributed by atoms with Crippen LogP contribution in [-0.4, -0.2) is 260 Å². The van der Waals surface area contributed by atoms with E-state index in [2.05, 4.69) is 67.8 Å². The van der Waals surface area contributed by atoms with Gasteiger partial charge in [-0.1, -0.05) is 65.8 Å². The zero-order valence-electron chi connectivity index (χ0n) is 60.3. The molecule has 0 bridgehead atoms. The molecule has 0 unspecified atom stereocenters. The van der Waals surface area contributed by atoms with E-state index >= 15 is 0 Å². The normalized spacial score (nSPS) is 22.4. The molecule has 1 aromatic heterocycles. The number of hydrogen-bond donors (Lipinski definition) is 17. The number of aromatic amines is 1. The summed E-state index contributed by atoms with van der Waals surface area (Å²) >= 11 is 1.43. The van der Waals surface area contributed by atoms with Crippen LogP contribution < -0.4 is 82.3 Å². The first kappa shape index (κ1) is 86.0. The van der Waals surface area contributed by atoms with Crippen LogP contribution in [0.2, 0.25) is 0 Å². The Kier molecular flexibility index (Phi) is 35.9. The lowest BCUT2D eigenvalue weighted by molar-refractivity contribution is -0.145. The maximum Gasteiger partial charge on any atom is 0.326 e. The first-order chi connectivity index (χ1) is 50.7. The number of carboxylic acids is 1. The van der Waals surface area contributed by atoms with Crippen molar-refractivity contribution in [1.29, 1.82) is 0 Å². The summed E-state index contributed by atoms with van der Waals surface area (Å²) in [5.74, 6) is -10.4. The number of benzene rings is 1. The number of aliphatic imine (C=N–C) groups is 2. The molecule has 0 saturated carbocycles. The molecule has 4 aliphatic rings. The van der Waals surface area contributed by atoms with E-state index < -0.39 is 156 Å². The number of fused-ring (bicyclic) bond motifs is 1. The Morgan fingerprint density at radius 1 is 0.660 bits per heavy atom. The molecule has 1 aromatic carbocycles. The van der Waals surface area contributed by atoms with Gasteiger partial charge in [0.25, 0.3) is 0 Å². The van der Waals surface area contributed by atoms with Crippen LogP contribution >= 0.6 is 33.3 Å². The van der Waals surface area contributed by atoms with E-state index in [4.69, 9.17) is 34.4 Å². The number of nitrogens with zero attached hydrogens (tertiary/aromatic N) is 6. The molecule has 36 nitrogen and oxygen atoms in total. The number of rotatable bonds is 34. The zero-order chi connectivity index (χ0) is 77.4. The van der Waals surface area contributed by atoms with Crippen molar-refractivity contribution in [2.24, 2.45) is 50.3 Å². The van der Waals surface area contributed by atoms with E-state index in [1.807, 2.05) is 6.26 Å². The van der Waals surface area contributed by atoms with E-state index in [-0.39, 0.29) is 146 Å². The lowest BCUT2D eigenvalue weighted by Crippen LogP contribution is -2.61. The summed E-state index contributed by atoms with van der Waals surface area (Å²) in [6.45, 7) is 3.83. The highest BCUT2D eigenvalue weighted by Gasteiger charge is 2.44. The highest BCUT2D eigenvalue weighted by molar-refractivity contribution is 8.76. The predicted octanol–water partition coefficient (Wildman–Crippen LogP) is -4.00. The Morgan fingerprint density at radius 2 is 1.26 bits per heavy atom. The van der Waals surface area contributed by atoms with Crippen LogP contribution in [-0.2, 0) is 75.2 Å². The number of carboxylic acid groups (broad SMARTS) is 1. The SMILES string of the molecule is CSCC[C@H](NC(=O)[C@@H]1CCCN1C(=O)CNC(=O)[C@H](CCCCN)NC(=O)[C@H](Cc1cnc[nH]1)NC(=O)[C@@H]1CSSC[C@H](N)C(=O)N[C@@H](CCCN=C(N)N)C(=O)N2CCC[C@H]2C(=O)N[C@@H](CCCN=C(N)N)C(=O)N[C@@H](CC(C)C)C(=O)N1)C(=O)N1CCC[C@H]1C(=O)N[C@@H](Cc1ccccc1)C(=O)O. The molecular weight excluding hydrogens is 1430 g/mol. The number of thioether (sulfide) groups is 1. The van der Waals surface area contributed by atoms with Crippen molar-refractivity contribution in [2.75, 3.05) is 69.3 Å². The van der Waals surface area contributed by atoms with Crippen molar-refractivity contribution in [3.8, 4) is 0 Å². The summed E-state index contributed by atoms with van der Waals surface area (Å²) in [5.41, 5.74) is 35.7. The van der Waals surface area contributed by atoms with Gasteiger partial charge in [-0.2, -0.15) is 11.8 Å². The lowest BCUT2D eigenvalue weighted by Gasteiger charge is -2.31. The van der Waals surface area contributed by atoms with Crippen LogP contribution in [0.3, 0.4) is 0 Å². The number of guanidine groups is 2. The Labute approximate surface area is 628 Å². The number of carbonyl (C=O) groups is 13. The Balaban J connectivity index is 1.19. The molecule has 586 valence electrons. The second kappa shape index (κ2) is 44.2. The van der Waals surface area contributed by atoms with Gasteiger partial charge in [0.1, 0.15) is 66.5 Å². The molecule has 12 atom stereocenters.